The van der Waals surface area contributed by atoms with Gasteiger partial charge in [0.25, 0.3) is 15.9 Å². The molecule has 2 aromatic rings. The molecule has 0 bridgehead atoms. The van der Waals surface area contributed by atoms with Crippen LogP contribution in [0, 0.1) is 11.3 Å². The highest BCUT2D eigenvalue weighted by Crippen LogP contribution is 2.42. The molecule has 0 saturated heterocycles. The number of carbonyl (C=O) groups is 4. The predicted octanol–water partition coefficient (Wildman–Crippen LogP) is 5.61. The lowest BCUT2D eigenvalue weighted by Crippen LogP contribution is -2.63. The minimum absolute atomic E-state index is 0.0702. The summed E-state index contributed by atoms with van der Waals surface area (Å²) in [5.41, 5.74) is 5.00. The van der Waals surface area contributed by atoms with Crippen LogP contribution in [0.3, 0.4) is 0 Å². The highest BCUT2D eigenvalue weighted by molar-refractivity contribution is 7.90. The number of ether oxygens (including phenoxy) is 1. The first-order valence-electron chi connectivity index (χ1n) is 18.4. The summed E-state index contributed by atoms with van der Waals surface area (Å²) in [5, 5.41) is 2.98. The van der Waals surface area contributed by atoms with Gasteiger partial charge in [0.1, 0.15) is 17.7 Å². The van der Waals surface area contributed by atoms with Gasteiger partial charge in [0.15, 0.2) is 0 Å². The lowest BCUT2D eigenvalue weighted by Gasteiger charge is -2.42. The summed E-state index contributed by atoms with van der Waals surface area (Å²) in [6.07, 6.45) is 2.52. The van der Waals surface area contributed by atoms with Crippen molar-refractivity contribution in [3.63, 3.8) is 0 Å². The number of carbonyl (C=O) groups excluding carboxylic acids is 4. The second kappa shape index (κ2) is 16.2. The fourth-order valence-corrected chi connectivity index (χ4v) is 7.42. The van der Waals surface area contributed by atoms with E-state index in [1.807, 2.05) is 78.8 Å². The molecule has 2 aromatic carbocycles. The number of hydrogen-bond acceptors (Lipinski definition) is 8. The van der Waals surface area contributed by atoms with Gasteiger partial charge in [0.2, 0.25) is 11.8 Å². The zero-order chi connectivity index (χ0) is 41.2. The molecule has 0 aliphatic heterocycles. The molecule has 1 aliphatic carbocycles. The fourth-order valence-electron chi connectivity index (χ4n) is 6.41. The molecular formula is C41H61N5O7S. The minimum atomic E-state index is -4.20. The molecule has 12 nitrogen and oxygen atoms in total. The van der Waals surface area contributed by atoms with Gasteiger partial charge >= 0.3 is 6.09 Å². The van der Waals surface area contributed by atoms with Crippen LogP contribution in [0.1, 0.15) is 100 Å². The van der Waals surface area contributed by atoms with Crippen LogP contribution in [0.25, 0.3) is 0 Å². The molecule has 0 unspecified atom stereocenters. The zero-order valence-electron chi connectivity index (χ0n) is 34.2. The molecule has 1 fully saturated rings. The third-order valence-corrected chi connectivity index (χ3v) is 11.3. The predicted molar refractivity (Wildman–Crippen MR) is 211 cm³/mol. The third kappa shape index (κ3) is 10.7. The van der Waals surface area contributed by atoms with Crippen LogP contribution in [-0.4, -0.2) is 79.9 Å². The average molecular weight is 768 g/mol. The van der Waals surface area contributed by atoms with Gasteiger partial charge in [-0.15, -0.1) is 0 Å². The zero-order valence-corrected chi connectivity index (χ0v) is 35.1. The van der Waals surface area contributed by atoms with Gasteiger partial charge in [-0.1, -0.05) is 97.0 Å². The molecule has 0 heterocycles. The molecule has 0 spiro atoms. The Morgan fingerprint density at radius 3 is 1.87 bits per heavy atom. The van der Waals surface area contributed by atoms with Crippen LogP contribution in [0.5, 0.6) is 0 Å². The van der Waals surface area contributed by atoms with Crippen LogP contribution in [0.4, 0.5) is 4.79 Å². The van der Waals surface area contributed by atoms with Gasteiger partial charge in [-0.2, -0.15) is 0 Å². The van der Waals surface area contributed by atoms with Crippen LogP contribution >= 0.6 is 0 Å². The molecule has 13 heteroatoms. The topological polar surface area (TPSA) is 168 Å². The molecule has 3 rings (SSSR count). The number of amides is 4. The van der Waals surface area contributed by atoms with Crippen molar-refractivity contribution < 1.29 is 32.3 Å². The van der Waals surface area contributed by atoms with Crippen molar-refractivity contribution in [2.75, 3.05) is 14.1 Å². The van der Waals surface area contributed by atoms with Gasteiger partial charge < -0.3 is 20.7 Å². The van der Waals surface area contributed by atoms with Crippen molar-refractivity contribution in [3.8, 4) is 0 Å². The molecule has 4 amide bonds. The summed E-state index contributed by atoms with van der Waals surface area (Å²) in [7, 11) is -1.10. The second-order valence-corrected chi connectivity index (χ2v) is 19.2. The van der Waals surface area contributed by atoms with E-state index in [0.717, 1.165) is 24.0 Å². The summed E-state index contributed by atoms with van der Waals surface area (Å²) in [5.74, 6) is -2.03. The third-order valence-electron chi connectivity index (χ3n) is 9.93. The SMILES string of the molecule is C/C(=C\[C@H](C(C)C)N(C)C(=O)[C@@H](NC(=O)[C@@H](N(C)C(=O)OC(C)(C)C)C(C)(C)c1ccccc1)C(C)(C)C)C(=O)NS(=O)(=O)c1ccc(C2(N)CC2)cc1. The van der Waals surface area contributed by atoms with Crippen molar-refractivity contribution in [3.05, 3.63) is 77.4 Å². The van der Waals surface area contributed by atoms with E-state index in [1.165, 1.54) is 35.9 Å². The maximum atomic E-state index is 14.5. The number of nitrogens with two attached hydrogens (primary N) is 1. The van der Waals surface area contributed by atoms with Crippen LogP contribution in [-0.2, 0) is 40.1 Å². The number of likely N-dealkylation sites (N-methyl/N-ethyl adjacent to an activating group) is 2. The monoisotopic (exact) mass is 767 g/mol. The van der Waals surface area contributed by atoms with Gasteiger partial charge in [-0.05, 0) is 75.1 Å². The highest BCUT2D eigenvalue weighted by Gasteiger charge is 2.46. The van der Waals surface area contributed by atoms with Gasteiger partial charge in [0, 0.05) is 30.6 Å². The highest BCUT2D eigenvalue weighted by atomic mass is 32.2. The molecular weight excluding hydrogens is 707 g/mol. The van der Waals surface area contributed by atoms with Crippen molar-refractivity contribution in [2.45, 2.75) is 129 Å². The minimum Gasteiger partial charge on any atom is -0.444 e. The van der Waals surface area contributed by atoms with E-state index in [0.29, 0.717) is 0 Å². The van der Waals surface area contributed by atoms with Crippen molar-refractivity contribution in [1.29, 1.82) is 0 Å². The molecule has 4 N–H and O–H groups in total. The molecule has 1 saturated carbocycles. The summed E-state index contributed by atoms with van der Waals surface area (Å²) in [6.45, 7) is 19.7. The standard InChI is InChI=1S/C41H61N5O7S/c1-26(2)31(25-27(3)34(47)44-54(51,52)30-21-19-29(20-22-30)41(42)23-24-41)45(12)36(49)32(38(4,5)6)43-35(48)33(46(13)37(50)53-39(7,8)9)40(10,11)28-17-15-14-16-18-28/h14-22,25-26,31-33H,23-24,42H2,1-13H3,(H,43,48)(H,44,47)/b27-25+/t31-,32-,33-/m1/s1. The van der Waals surface area contributed by atoms with E-state index in [9.17, 15) is 27.6 Å². The van der Waals surface area contributed by atoms with Crippen molar-refractivity contribution in [2.24, 2.45) is 17.1 Å². The number of nitrogens with one attached hydrogen (secondary N) is 2. The lowest BCUT2D eigenvalue weighted by molar-refractivity contribution is -0.141. The summed E-state index contributed by atoms with van der Waals surface area (Å²) in [6, 6.07) is 12.7. The van der Waals surface area contributed by atoms with E-state index in [4.69, 9.17) is 10.5 Å². The Hall–Kier alpha value is -4.23. The maximum Gasteiger partial charge on any atom is 0.410 e. The van der Waals surface area contributed by atoms with E-state index in [2.05, 4.69) is 10.0 Å². The molecule has 1 aliphatic rings. The second-order valence-electron chi connectivity index (χ2n) is 17.5. The molecule has 0 radical (unpaired) electrons. The Morgan fingerprint density at radius 2 is 1.41 bits per heavy atom. The summed E-state index contributed by atoms with van der Waals surface area (Å²) < 4.78 is 34.1. The van der Waals surface area contributed by atoms with E-state index in [-0.39, 0.29) is 16.4 Å². The smallest absolute Gasteiger partial charge is 0.410 e. The number of nitrogens with zero attached hydrogens (tertiary/aromatic N) is 2. The van der Waals surface area contributed by atoms with E-state index >= 15 is 0 Å². The van der Waals surface area contributed by atoms with Crippen LogP contribution in [0.15, 0.2) is 71.1 Å². The molecule has 54 heavy (non-hydrogen) atoms. The first kappa shape index (κ1) is 44.2. The van der Waals surface area contributed by atoms with Gasteiger partial charge in [-0.3, -0.25) is 19.3 Å². The van der Waals surface area contributed by atoms with Crippen LogP contribution < -0.4 is 15.8 Å². The average Bonchev–Trinajstić information content (AvgIpc) is 3.82. The van der Waals surface area contributed by atoms with E-state index < -0.39 is 73.9 Å². The van der Waals surface area contributed by atoms with Gasteiger partial charge in [-0.25, -0.2) is 17.9 Å². The van der Waals surface area contributed by atoms with Crippen LogP contribution in [0.2, 0.25) is 0 Å². The summed E-state index contributed by atoms with van der Waals surface area (Å²) in [4.78, 5) is 58.3. The Morgan fingerprint density at radius 1 is 0.870 bits per heavy atom. The number of hydrogen-bond donors (Lipinski definition) is 3. The maximum absolute atomic E-state index is 14.5. The Balaban J connectivity index is 1.91. The van der Waals surface area contributed by atoms with Crippen molar-refractivity contribution in [1.82, 2.24) is 19.8 Å². The number of sulfonamides is 1. The Labute approximate surface area is 322 Å². The first-order chi connectivity index (χ1) is 24.6. The fraction of sp³-hybridized carbons (Fsp3) is 0.561. The molecule has 3 atom stereocenters. The number of rotatable bonds is 13. The summed E-state index contributed by atoms with van der Waals surface area (Å²) >= 11 is 0. The quantitative estimate of drug-likeness (QED) is 0.221. The van der Waals surface area contributed by atoms with Gasteiger partial charge in [0.05, 0.1) is 10.9 Å². The molecule has 0 aromatic heterocycles. The van der Waals surface area contributed by atoms with Crippen molar-refractivity contribution >= 4 is 33.8 Å². The van der Waals surface area contributed by atoms with E-state index in [1.54, 1.807) is 46.0 Å². The molecule has 298 valence electrons. The number of benzene rings is 2. The largest absolute Gasteiger partial charge is 0.444 e. The first-order valence-corrected chi connectivity index (χ1v) is 19.8. The normalized spacial score (nSPS) is 16.5. The Bertz CT molecular complexity index is 1820. The Kier molecular flexibility index (Phi) is 13.3. The lowest BCUT2D eigenvalue weighted by atomic mass is 9.76.